The highest BCUT2D eigenvalue weighted by Gasteiger charge is 1.87. The van der Waals surface area contributed by atoms with Crippen molar-refractivity contribution < 1.29 is 0 Å². The van der Waals surface area contributed by atoms with Crippen LogP contribution in [0.25, 0.3) is 0 Å². The fourth-order valence-corrected chi connectivity index (χ4v) is 0.0481. The molecule has 0 aromatic heterocycles. The van der Waals surface area contributed by atoms with Crippen LogP contribution in [0.2, 0.25) is 0 Å². The van der Waals surface area contributed by atoms with E-state index >= 15 is 0 Å². The number of rotatable bonds is 0. The van der Waals surface area contributed by atoms with E-state index in [9.17, 15) is 0 Å². The van der Waals surface area contributed by atoms with Crippen LogP contribution >= 0.6 is 0 Å². The molecule has 0 nitrogen and oxygen atoms in total. The summed E-state index contributed by atoms with van der Waals surface area (Å²) in [4.78, 5) is 0. The van der Waals surface area contributed by atoms with E-state index in [0.717, 1.165) is 5.57 Å². The van der Waals surface area contributed by atoms with Gasteiger partial charge in [0.1, 0.15) is 0 Å². The molecule has 1 rings (SSSR count). The third-order valence-corrected chi connectivity index (χ3v) is 0.359. The number of hydrogen-bond acceptors (Lipinski definition) is 0. The summed E-state index contributed by atoms with van der Waals surface area (Å²) in [6, 6.07) is 0. The third-order valence-electron chi connectivity index (χ3n) is 0.359. The molecule has 0 spiro atoms. The first-order valence-electron chi connectivity index (χ1n) is 1.20. The standard InChI is InChI=1S/C4H3/c1-4-2-3-4/h1-3H. The van der Waals surface area contributed by atoms with Gasteiger partial charge in [-0.15, -0.1) is 0 Å². The molecule has 0 atom stereocenters. The molecule has 0 heterocycles. The largest absolute Gasteiger partial charge is 0.0544 e. The van der Waals surface area contributed by atoms with Crippen molar-refractivity contribution in [2.45, 2.75) is 0 Å². The van der Waals surface area contributed by atoms with E-state index in [0.29, 0.717) is 0 Å². The van der Waals surface area contributed by atoms with Crippen LogP contribution in [0.5, 0.6) is 0 Å². The van der Waals surface area contributed by atoms with Gasteiger partial charge < -0.3 is 0 Å². The highest BCUT2D eigenvalue weighted by atomic mass is 13.9. The van der Waals surface area contributed by atoms with Crippen LogP contribution in [0.15, 0.2) is 17.7 Å². The van der Waals surface area contributed by atoms with Crippen molar-refractivity contribution in [1.82, 2.24) is 0 Å². The minimum atomic E-state index is 0.917. The predicted molar refractivity (Wildman–Crippen MR) is 17.0 cm³/mol. The molecular formula is C4H3. The lowest BCUT2D eigenvalue weighted by molar-refractivity contribution is 2.12. The van der Waals surface area contributed by atoms with Crippen molar-refractivity contribution >= 4 is 0 Å². The molecule has 0 aromatic carbocycles. The van der Waals surface area contributed by atoms with Crippen molar-refractivity contribution in [1.29, 1.82) is 0 Å². The Morgan fingerprint density at radius 3 is 1.75 bits per heavy atom. The van der Waals surface area contributed by atoms with Crippen LogP contribution in [0, 0.1) is 6.58 Å². The Morgan fingerprint density at radius 2 is 1.75 bits per heavy atom. The summed E-state index contributed by atoms with van der Waals surface area (Å²) < 4.78 is 0. The summed E-state index contributed by atoms with van der Waals surface area (Å²) in [6.07, 6.45) is 3.72. The Kier molecular flexibility index (Phi) is 0.120. The molecule has 1 aliphatic rings. The van der Waals surface area contributed by atoms with E-state index in [1.54, 1.807) is 0 Å². The molecule has 1 aliphatic carbocycles. The van der Waals surface area contributed by atoms with Gasteiger partial charge in [-0.1, -0.05) is 18.7 Å². The van der Waals surface area contributed by atoms with Gasteiger partial charge in [-0.25, -0.2) is 0 Å². The number of hydrogen-bond donors (Lipinski definition) is 0. The quantitative estimate of drug-likeness (QED) is 0.383. The Balaban J connectivity index is 2.80. The van der Waals surface area contributed by atoms with Crippen LogP contribution in [0.3, 0.4) is 0 Å². The van der Waals surface area contributed by atoms with E-state index in [1.807, 2.05) is 12.2 Å². The van der Waals surface area contributed by atoms with Gasteiger partial charge in [0, 0.05) is 0 Å². The maximum atomic E-state index is 5.03. The fraction of sp³-hybridized carbons (Fsp3) is 0. The molecule has 1 radical (unpaired) electrons. The molecule has 0 N–H and O–H groups in total. The Hall–Kier alpha value is -0.520. The van der Waals surface area contributed by atoms with Crippen LogP contribution in [-0.4, -0.2) is 0 Å². The lowest BCUT2D eigenvalue weighted by atomic mass is 10.7. The minimum absolute atomic E-state index is 0.917. The minimum Gasteiger partial charge on any atom is -0.0544 e. The van der Waals surface area contributed by atoms with Crippen molar-refractivity contribution in [3.8, 4) is 0 Å². The summed E-state index contributed by atoms with van der Waals surface area (Å²) in [5.74, 6) is 0. The van der Waals surface area contributed by atoms with Crippen molar-refractivity contribution in [2.24, 2.45) is 0 Å². The molecule has 0 fully saturated rings. The molecular weight excluding hydrogens is 48.0 g/mol. The van der Waals surface area contributed by atoms with E-state index < -0.39 is 0 Å². The maximum Gasteiger partial charge on any atom is -0.0256 e. The first-order chi connectivity index (χ1) is 1.89. The van der Waals surface area contributed by atoms with Gasteiger partial charge in [0.15, 0.2) is 0 Å². The number of allylic oxidation sites excluding steroid dienone is 3. The molecule has 0 saturated carbocycles. The van der Waals surface area contributed by atoms with E-state index in [-0.39, 0.29) is 0 Å². The maximum absolute atomic E-state index is 5.03. The summed E-state index contributed by atoms with van der Waals surface area (Å²) in [7, 11) is 0. The van der Waals surface area contributed by atoms with Crippen molar-refractivity contribution in [3.63, 3.8) is 0 Å². The van der Waals surface area contributed by atoms with E-state index in [1.165, 1.54) is 0 Å². The SMILES string of the molecule is [CH]=C1C=C1. The first kappa shape index (κ1) is 1.77. The summed E-state index contributed by atoms with van der Waals surface area (Å²) in [5, 5.41) is 0. The normalized spacial score (nSPS) is 17.5. The van der Waals surface area contributed by atoms with E-state index in [2.05, 4.69) is 0 Å². The highest BCUT2D eigenvalue weighted by Crippen LogP contribution is 2.07. The average molecular weight is 51.1 g/mol. The van der Waals surface area contributed by atoms with Crippen molar-refractivity contribution in [3.05, 3.63) is 24.3 Å². The average Bonchev–Trinajstić information content (AvgIpc) is 1.75. The molecule has 0 bridgehead atoms. The molecule has 0 unspecified atom stereocenters. The topological polar surface area (TPSA) is 0 Å². The molecule has 0 aromatic rings. The van der Waals surface area contributed by atoms with Crippen LogP contribution < -0.4 is 0 Å². The van der Waals surface area contributed by atoms with Gasteiger partial charge in [0.25, 0.3) is 0 Å². The second-order valence-corrected chi connectivity index (χ2v) is 0.833. The van der Waals surface area contributed by atoms with Crippen molar-refractivity contribution in [2.75, 3.05) is 0 Å². The molecule has 0 heteroatoms. The molecule has 0 amide bonds. The summed E-state index contributed by atoms with van der Waals surface area (Å²) in [5.41, 5.74) is 0.917. The van der Waals surface area contributed by atoms with Gasteiger partial charge in [0.2, 0.25) is 0 Å². The Morgan fingerprint density at radius 1 is 1.50 bits per heavy atom. The lowest BCUT2D eigenvalue weighted by Crippen LogP contribution is -1.20. The summed E-state index contributed by atoms with van der Waals surface area (Å²) >= 11 is 0. The van der Waals surface area contributed by atoms with Gasteiger partial charge in [-0.3, -0.25) is 0 Å². The fourth-order valence-electron chi connectivity index (χ4n) is 0.0481. The molecule has 0 saturated heterocycles. The highest BCUT2D eigenvalue weighted by molar-refractivity contribution is 5.42. The van der Waals surface area contributed by atoms with Gasteiger partial charge >= 0.3 is 0 Å². The zero-order valence-corrected chi connectivity index (χ0v) is 2.23. The van der Waals surface area contributed by atoms with Crippen LogP contribution in [0.4, 0.5) is 0 Å². The van der Waals surface area contributed by atoms with Crippen LogP contribution in [0.1, 0.15) is 0 Å². The smallest absolute Gasteiger partial charge is 0.0256 e. The van der Waals surface area contributed by atoms with Gasteiger partial charge in [0.05, 0.1) is 0 Å². The zero-order chi connectivity index (χ0) is 2.99. The lowest BCUT2D eigenvalue weighted by Gasteiger charge is -1.38. The summed E-state index contributed by atoms with van der Waals surface area (Å²) in [6.45, 7) is 5.03. The van der Waals surface area contributed by atoms with Gasteiger partial charge in [-0.05, 0) is 5.57 Å². The monoisotopic (exact) mass is 51.0 g/mol. The Bertz CT molecular complexity index is 60.1. The second-order valence-electron chi connectivity index (χ2n) is 0.833. The van der Waals surface area contributed by atoms with Crippen LogP contribution in [-0.2, 0) is 0 Å². The predicted octanol–water partition coefficient (Wildman–Crippen LogP) is 0.916. The second kappa shape index (κ2) is 0.271. The first-order valence-corrected chi connectivity index (χ1v) is 1.20. The molecule has 19 valence electrons. The molecule has 4 heavy (non-hydrogen) atoms. The third kappa shape index (κ3) is 0.0554. The van der Waals surface area contributed by atoms with Gasteiger partial charge in [-0.2, -0.15) is 0 Å². The van der Waals surface area contributed by atoms with E-state index in [4.69, 9.17) is 6.58 Å². The zero-order valence-electron chi connectivity index (χ0n) is 2.23. The Labute approximate surface area is 25.4 Å². The molecule has 0 aliphatic heterocycles.